The van der Waals surface area contributed by atoms with E-state index in [0.717, 1.165) is 12.1 Å². The Bertz CT molecular complexity index is 1220. The summed E-state index contributed by atoms with van der Waals surface area (Å²) in [5.41, 5.74) is 1.66. The average Bonchev–Trinajstić information content (AvgIpc) is 3.33. The Hall–Kier alpha value is -3.69. The molecule has 0 saturated carbocycles. The second-order valence-electron chi connectivity index (χ2n) is 8.41. The Morgan fingerprint density at radius 2 is 1.70 bits per heavy atom. The molecule has 0 aliphatic carbocycles. The number of benzene rings is 2. The van der Waals surface area contributed by atoms with Gasteiger partial charge in [0.2, 0.25) is 11.8 Å². The van der Waals surface area contributed by atoms with E-state index in [1.807, 2.05) is 0 Å². The lowest BCUT2D eigenvalue weighted by Gasteiger charge is -2.29. The first-order valence-corrected chi connectivity index (χ1v) is 10.4. The minimum atomic E-state index is -4.45. The monoisotopic (exact) mass is 457 g/mol. The highest BCUT2D eigenvalue weighted by atomic mass is 19.4. The third kappa shape index (κ3) is 3.65. The fourth-order valence-corrected chi connectivity index (χ4v) is 4.60. The molecule has 1 N–H and O–H groups in total. The Morgan fingerprint density at radius 1 is 0.939 bits per heavy atom. The summed E-state index contributed by atoms with van der Waals surface area (Å²) >= 11 is 0. The van der Waals surface area contributed by atoms with Gasteiger partial charge in [0.15, 0.2) is 0 Å². The molecule has 1 atom stereocenters. The van der Waals surface area contributed by atoms with E-state index in [2.05, 4.69) is 5.32 Å². The lowest BCUT2D eigenvalue weighted by atomic mass is 10.0. The van der Waals surface area contributed by atoms with Crippen LogP contribution in [0.25, 0.3) is 0 Å². The third-order valence-corrected chi connectivity index (χ3v) is 6.31. The smallest absolute Gasteiger partial charge is 0.330 e. The Morgan fingerprint density at radius 3 is 2.42 bits per heavy atom. The van der Waals surface area contributed by atoms with Gasteiger partial charge in [0.05, 0.1) is 5.56 Å². The fraction of sp³-hybridized carbons (Fsp3) is 0.304. The van der Waals surface area contributed by atoms with E-state index in [1.165, 1.54) is 28.0 Å². The van der Waals surface area contributed by atoms with Gasteiger partial charge >= 0.3 is 6.18 Å². The van der Waals surface area contributed by atoms with Crippen molar-refractivity contribution in [2.45, 2.75) is 44.7 Å². The Kier molecular flexibility index (Phi) is 4.77. The van der Waals surface area contributed by atoms with E-state index in [4.69, 9.17) is 0 Å². The molecule has 10 heteroatoms. The van der Waals surface area contributed by atoms with Crippen LogP contribution in [0.1, 0.15) is 55.8 Å². The number of imide groups is 1. The van der Waals surface area contributed by atoms with Crippen LogP contribution in [0.2, 0.25) is 0 Å². The van der Waals surface area contributed by atoms with Crippen molar-refractivity contribution in [1.82, 2.24) is 15.1 Å². The van der Waals surface area contributed by atoms with Crippen LogP contribution in [0.5, 0.6) is 0 Å². The van der Waals surface area contributed by atoms with Crippen LogP contribution in [-0.4, -0.2) is 39.5 Å². The first kappa shape index (κ1) is 21.2. The minimum absolute atomic E-state index is 0.0660. The number of nitrogens with one attached hydrogen (secondary N) is 1. The maximum absolute atomic E-state index is 13.1. The standard InChI is InChI=1S/C23H18F3N3O4/c24-23(25,26)16-3-1-13-9-28(10-14(13)8-16)21(32)12-2-4-17-15(7-12)11-29(22(17)33)18-5-6-19(30)27-20(18)31/h1-4,7-8,18H,5-6,9-11H2,(H,27,30,31). The summed E-state index contributed by atoms with van der Waals surface area (Å²) in [6, 6.07) is 7.35. The molecule has 3 aliphatic heterocycles. The minimum Gasteiger partial charge on any atom is -0.330 e. The van der Waals surface area contributed by atoms with Gasteiger partial charge < -0.3 is 9.80 Å². The first-order chi connectivity index (χ1) is 15.6. The number of hydrogen-bond donors (Lipinski definition) is 1. The second kappa shape index (κ2) is 7.43. The number of carbonyl (C=O) groups excluding carboxylic acids is 4. The average molecular weight is 457 g/mol. The zero-order chi connectivity index (χ0) is 23.5. The molecular formula is C23H18F3N3O4. The highest BCUT2D eigenvalue weighted by Crippen LogP contribution is 2.34. The molecule has 2 aromatic rings. The number of fused-ring (bicyclic) bond motifs is 2. The van der Waals surface area contributed by atoms with Crippen LogP contribution in [0.3, 0.4) is 0 Å². The van der Waals surface area contributed by atoms with Gasteiger partial charge in [-0.15, -0.1) is 0 Å². The number of nitrogens with zero attached hydrogens (tertiary/aromatic N) is 2. The summed E-state index contributed by atoms with van der Waals surface area (Å²) in [4.78, 5) is 52.3. The van der Waals surface area contributed by atoms with Crippen molar-refractivity contribution in [3.05, 3.63) is 69.8 Å². The van der Waals surface area contributed by atoms with Crippen molar-refractivity contribution in [2.24, 2.45) is 0 Å². The quantitative estimate of drug-likeness (QED) is 0.703. The SMILES string of the molecule is O=C1CCC(N2Cc3cc(C(=O)N4Cc5ccc(C(F)(F)F)cc5C4)ccc3C2=O)C(=O)N1. The van der Waals surface area contributed by atoms with Gasteiger partial charge in [0, 0.05) is 37.2 Å². The van der Waals surface area contributed by atoms with Crippen LogP contribution in [0.4, 0.5) is 13.2 Å². The molecule has 33 heavy (non-hydrogen) atoms. The predicted molar refractivity (Wildman–Crippen MR) is 108 cm³/mol. The fourth-order valence-electron chi connectivity index (χ4n) is 4.60. The maximum Gasteiger partial charge on any atom is 0.416 e. The number of amides is 4. The van der Waals surface area contributed by atoms with Gasteiger partial charge in [-0.25, -0.2) is 0 Å². The molecule has 0 spiro atoms. The van der Waals surface area contributed by atoms with Crippen LogP contribution in [0, 0.1) is 0 Å². The molecule has 3 heterocycles. The van der Waals surface area contributed by atoms with Gasteiger partial charge in [-0.3, -0.25) is 24.5 Å². The summed E-state index contributed by atoms with van der Waals surface area (Å²) in [5, 5.41) is 2.24. The van der Waals surface area contributed by atoms with Crippen molar-refractivity contribution in [1.29, 1.82) is 0 Å². The van der Waals surface area contributed by atoms with E-state index < -0.39 is 23.7 Å². The molecule has 1 saturated heterocycles. The molecule has 170 valence electrons. The summed E-state index contributed by atoms with van der Waals surface area (Å²) in [6.07, 6.45) is -4.07. The molecule has 0 radical (unpaired) electrons. The van der Waals surface area contributed by atoms with Gasteiger partial charge in [-0.05, 0) is 53.4 Å². The number of alkyl halides is 3. The lowest BCUT2D eigenvalue weighted by molar-refractivity contribution is -0.138. The maximum atomic E-state index is 13.1. The lowest BCUT2D eigenvalue weighted by Crippen LogP contribution is -2.52. The highest BCUT2D eigenvalue weighted by Gasteiger charge is 2.39. The molecule has 1 fully saturated rings. The molecule has 4 amide bonds. The van der Waals surface area contributed by atoms with Crippen molar-refractivity contribution in [2.75, 3.05) is 0 Å². The van der Waals surface area contributed by atoms with Crippen molar-refractivity contribution >= 4 is 23.6 Å². The number of rotatable bonds is 2. The van der Waals surface area contributed by atoms with Gasteiger partial charge in [-0.2, -0.15) is 13.2 Å². The van der Waals surface area contributed by atoms with Crippen molar-refractivity contribution in [3.8, 4) is 0 Å². The molecule has 2 aromatic carbocycles. The second-order valence-corrected chi connectivity index (χ2v) is 8.41. The van der Waals surface area contributed by atoms with E-state index in [1.54, 1.807) is 6.07 Å². The van der Waals surface area contributed by atoms with E-state index in [-0.39, 0.29) is 50.2 Å². The highest BCUT2D eigenvalue weighted by molar-refractivity contribution is 6.06. The number of hydrogen-bond acceptors (Lipinski definition) is 4. The number of halogens is 3. The molecule has 1 unspecified atom stereocenters. The zero-order valence-electron chi connectivity index (χ0n) is 17.2. The van der Waals surface area contributed by atoms with E-state index in [9.17, 15) is 32.3 Å². The number of piperidine rings is 1. The Balaban J connectivity index is 1.33. The largest absolute Gasteiger partial charge is 0.416 e. The van der Waals surface area contributed by atoms with Gasteiger partial charge in [0.25, 0.3) is 11.8 Å². The van der Waals surface area contributed by atoms with Gasteiger partial charge in [0.1, 0.15) is 6.04 Å². The van der Waals surface area contributed by atoms with Crippen LogP contribution in [-0.2, 0) is 35.4 Å². The van der Waals surface area contributed by atoms with Crippen molar-refractivity contribution < 1.29 is 32.3 Å². The zero-order valence-corrected chi connectivity index (χ0v) is 17.2. The summed E-state index contributed by atoms with van der Waals surface area (Å²) < 4.78 is 39.0. The molecule has 3 aliphatic rings. The molecule has 7 nitrogen and oxygen atoms in total. The molecule has 0 aromatic heterocycles. The van der Waals surface area contributed by atoms with Crippen LogP contribution in [0.15, 0.2) is 36.4 Å². The first-order valence-electron chi connectivity index (χ1n) is 10.4. The number of carbonyl (C=O) groups is 4. The third-order valence-electron chi connectivity index (χ3n) is 6.31. The molecular weight excluding hydrogens is 439 g/mol. The molecule has 5 rings (SSSR count). The summed E-state index contributed by atoms with van der Waals surface area (Å²) in [7, 11) is 0. The predicted octanol–water partition coefficient (Wildman–Crippen LogP) is 2.62. The summed E-state index contributed by atoms with van der Waals surface area (Å²) in [5.74, 6) is -1.58. The topological polar surface area (TPSA) is 86.8 Å². The van der Waals surface area contributed by atoms with Crippen LogP contribution < -0.4 is 5.32 Å². The van der Waals surface area contributed by atoms with E-state index in [0.29, 0.717) is 27.8 Å². The van der Waals surface area contributed by atoms with Crippen molar-refractivity contribution in [3.63, 3.8) is 0 Å². The summed E-state index contributed by atoms with van der Waals surface area (Å²) in [6.45, 7) is 0.401. The van der Waals surface area contributed by atoms with Gasteiger partial charge in [-0.1, -0.05) is 6.07 Å². The normalized spacial score (nSPS) is 20.1. The Labute approximate surface area is 186 Å². The molecule has 0 bridgehead atoms. The van der Waals surface area contributed by atoms with E-state index >= 15 is 0 Å². The van der Waals surface area contributed by atoms with Crippen LogP contribution >= 0.6 is 0 Å².